The van der Waals surface area contributed by atoms with Gasteiger partial charge in [-0.3, -0.25) is 4.79 Å². The topological polar surface area (TPSA) is 79.4 Å². The summed E-state index contributed by atoms with van der Waals surface area (Å²) < 4.78 is 12.6. The first-order valence-electron chi connectivity index (χ1n) is 6.13. The zero-order chi connectivity index (χ0) is 13.4. The van der Waals surface area contributed by atoms with Crippen LogP contribution in [0, 0.1) is 0 Å². The van der Waals surface area contributed by atoms with Crippen molar-refractivity contribution in [3.8, 4) is 5.75 Å². The molecule has 0 radical (unpaired) electrons. The van der Waals surface area contributed by atoms with Crippen molar-refractivity contribution in [3.63, 3.8) is 0 Å². The fourth-order valence-electron chi connectivity index (χ4n) is 2.22. The van der Waals surface area contributed by atoms with Gasteiger partial charge in [0.05, 0.1) is 31.6 Å². The van der Waals surface area contributed by atoms with Crippen LogP contribution in [0.25, 0.3) is 11.0 Å². The van der Waals surface area contributed by atoms with Crippen LogP contribution in [0.2, 0.25) is 0 Å². The smallest absolute Gasteiger partial charge is 0.248 e. The molecule has 6 heteroatoms. The zero-order valence-corrected chi connectivity index (χ0v) is 10.6. The van der Waals surface area contributed by atoms with E-state index in [1.165, 1.54) is 0 Å². The minimum Gasteiger partial charge on any atom is -0.494 e. The normalized spacial score (nSPS) is 18.3. The third-order valence-corrected chi connectivity index (χ3v) is 3.39. The number of fused-ring (bicyclic) bond motifs is 1. The average Bonchev–Trinajstić information content (AvgIpc) is 2.75. The van der Waals surface area contributed by atoms with E-state index in [1.807, 2.05) is 4.57 Å². The van der Waals surface area contributed by atoms with Crippen molar-refractivity contribution in [2.45, 2.75) is 19.1 Å². The number of hydrogen-bond donors (Lipinski definition) is 1. The fraction of sp³-hybridized carbons (Fsp3) is 0.385. The molecule has 0 saturated carbocycles. The summed E-state index contributed by atoms with van der Waals surface area (Å²) in [6.07, 6.45) is 3.01. The number of ether oxygens (including phenoxy) is 2. The largest absolute Gasteiger partial charge is 0.494 e. The molecule has 3 rings (SSSR count). The minimum absolute atomic E-state index is 0.223. The second-order valence-electron chi connectivity index (χ2n) is 4.59. The van der Waals surface area contributed by atoms with Gasteiger partial charge >= 0.3 is 0 Å². The lowest BCUT2D eigenvalue weighted by Crippen LogP contribution is -2.30. The van der Waals surface area contributed by atoms with E-state index in [4.69, 9.17) is 15.2 Å². The van der Waals surface area contributed by atoms with Gasteiger partial charge in [-0.15, -0.1) is 0 Å². The first-order chi connectivity index (χ1) is 9.19. The molecule has 1 aliphatic rings. The Bertz CT molecular complexity index is 631. The van der Waals surface area contributed by atoms with Gasteiger partial charge < -0.3 is 19.8 Å². The molecule has 1 aromatic heterocycles. The second-order valence-corrected chi connectivity index (χ2v) is 4.59. The van der Waals surface area contributed by atoms with Crippen molar-refractivity contribution in [2.75, 3.05) is 13.7 Å². The number of imidazole rings is 1. The Morgan fingerprint density at radius 2 is 2.42 bits per heavy atom. The van der Waals surface area contributed by atoms with Crippen molar-refractivity contribution in [1.82, 2.24) is 9.55 Å². The van der Waals surface area contributed by atoms with E-state index in [9.17, 15) is 4.79 Å². The molecule has 0 bridgehead atoms. The number of nitrogens with zero attached hydrogens (tertiary/aromatic N) is 2. The summed E-state index contributed by atoms with van der Waals surface area (Å²) in [6.45, 7) is 1.54. The van der Waals surface area contributed by atoms with Gasteiger partial charge in [0.15, 0.2) is 0 Å². The second kappa shape index (κ2) is 4.55. The summed E-state index contributed by atoms with van der Waals surface area (Å²) in [5, 5.41) is 0. The summed E-state index contributed by atoms with van der Waals surface area (Å²) in [7, 11) is 1.55. The van der Waals surface area contributed by atoms with Gasteiger partial charge in [-0.25, -0.2) is 4.98 Å². The van der Waals surface area contributed by atoms with Crippen molar-refractivity contribution in [3.05, 3.63) is 24.0 Å². The molecular formula is C13H15N3O3. The molecule has 100 valence electrons. The predicted molar refractivity (Wildman–Crippen MR) is 69.2 cm³/mol. The molecule has 6 nitrogen and oxygen atoms in total. The number of hydrogen-bond acceptors (Lipinski definition) is 4. The number of nitrogens with two attached hydrogens (primary N) is 1. The molecular weight excluding hydrogens is 246 g/mol. The van der Waals surface area contributed by atoms with Crippen LogP contribution in [0.5, 0.6) is 5.75 Å². The third kappa shape index (κ3) is 2.04. The lowest BCUT2D eigenvalue weighted by atomic mass is 10.1. The highest BCUT2D eigenvalue weighted by Crippen LogP contribution is 2.27. The molecule has 2 aromatic rings. The minimum atomic E-state index is -0.479. The maximum Gasteiger partial charge on any atom is 0.248 e. The summed E-state index contributed by atoms with van der Waals surface area (Å²) >= 11 is 0. The molecule has 1 fully saturated rings. The van der Waals surface area contributed by atoms with E-state index >= 15 is 0 Å². The van der Waals surface area contributed by atoms with Crippen LogP contribution in [0.15, 0.2) is 18.5 Å². The number of benzene rings is 1. The van der Waals surface area contributed by atoms with Crippen molar-refractivity contribution in [1.29, 1.82) is 0 Å². The Morgan fingerprint density at radius 1 is 1.63 bits per heavy atom. The number of carbonyl (C=O) groups is 1. The Labute approximate surface area is 110 Å². The van der Waals surface area contributed by atoms with Crippen LogP contribution in [-0.2, 0) is 11.3 Å². The molecule has 0 spiro atoms. The summed E-state index contributed by atoms with van der Waals surface area (Å²) in [5.41, 5.74) is 7.32. The lowest BCUT2D eigenvalue weighted by molar-refractivity contribution is -0.0586. The van der Waals surface area contributed by atoms with Gasteiger partial charge in [0.2, 0.25) is 5.91 Å². The van der Waals surface area contributed by atoms with E-state index in [2.05, 4.69) is 4.98 Å². The third-order valence-electron chi connectivity index (χ3n) is 3.39. The van der Waals surface area contributed by atoms with Crippen molar-refractivity contribution >= 4 is 16.9 Å². The van der Waals surface area contributed by atoms with Crippen LogP contribution >= 0.6 is 0 Å². The van der Waals surface area contributed by atoms with Crippen LogP contribution < -0.4 is 10.5 Å². The Hall–Kier alpha value is -2.08. The monoisotopic (exact) mass is 261 g/mol. The lowest BCUT2D eigenvalue weighted by Gasteiger charge is -2.26. The number of aromatic nitrogens is 2. The van der Waals surface area contributed by atoms with Gasteiger partial charge in [0.25, 0.3) is 0 Å². The highest BCUT2D eigenvalue weighted by atomic mass is 16.5. The molecule has 1 saturated heterocycles. The molecule has 1 aliphatic heterocycles. The maximum absolute atomic E-state index is 11.3. The highest BCUT2D eigenvalue weighted by Gasteiger charge is 2.20. The number of primary amides is 1. The first kappa shape index (κ1) is 12.0. The molecule has 2 heterocycles. The summed E-state index contributed by atoms with van der Waals surface area (Å²) in [4.78, 5) is 15.7. The Kier molecular flexibility index (Phi) is 2.87. The van der Waals surface area contributed by atoms with E-state index in [-0.39, 0.29) is 6.10 Å². The number of rotatable bonds is 4. The van der Waals surface area contributed by atoms with Gasteiger partial charge in [-0.2, -0.15) is 0 Å². The van der Waals surface area contributed by atoms with Crippen LogP contribution in [0.1, 0.15) is 16.8 Å². The van der Waals surface area contributed by atoms with Crippen LogP contribution in [0.3, 0.4) is 0 Å². The van der Waals surface area contributed by atoms with Crippen LogP contribution in [0.4, 0.5) is 0 Å². The van der Waals surface area contributed by atoms with Crippen LogP contribution in [-0.4, -0.2) is 35.3 Å². The van der Waals surface area contributed by atoms with Gasteiger partial charge in [-0.05, 0) is 18.6 Å². The average molecular weight is 261 g/mol. The molecule has 1 aromatic carbocycles. The summed E-state index contributed by atoms with van der Waals surface area (Å²) in [6, 6.07) is 3.35. The van der Waals surface area contributed by atoms with Gasteiger partial charge in [-0.1, -0.05) is 0 Å². The predicted octanol–water partition coefficient (Wildman–Crippen LogP) is 0.933. The van der Waals surface area contributed by atoms with E-state index < -0.39 is 5.91 Å². The number of methoxy groups -OCH3 is 1. The zero-order valence-electron chi connectivity index (χ0n) is 10.6. The van der Waals surface area contributed by atoms with E-state index in [0.717, 1.165) is 30.6 Å². The molecule has 1 atom stereocenters. The fourth-order valence-corrected chi connectivity index (χ4v) is 2.22. The van der Waals surface area contributed by atoms with Crippen molar-refractivity contribution in [2.24, 2.45) is 5.73 Å². The first-order valence-corrected chi connectivity index (χ1v) is 6.13. The highest BCUT2D eigenvalue weighted by molar-refractivity contribution is 5.98. The van der Waals surface area contributed by atoms with Gasteiger partial charge in [0, 0.05) is 12.2 Å². The SMILES string of the molecule is COc1cc(C(N)=O)cc2c1ncn2CC1CCO1. The molecule has 2 N–H and O–H groups in total. The molecule has 1 amide bonds. The number of amides is 1. The van der Waals surface area contributed by atoms with Gasteiger partial charge in [0.1, 0.15) is 11.3 Å². The molecule has 1 unspecified atom stereocenters. The van der Waals surface area contributed by atoms with E-state index in [1.54, 1.807) is 25.6 Å². The van der Waals surface area contributed by atoms with E-state index in [0.29, 0.717) is 11.3 Å². The number of carbonyl (C=O) groups excluding carboxylic acids is 1. The maximum atomic E-state index is 11.3. The Morgan fingerprint density at radius 3 is 3.00 bits per heavy atom. The molecule has 0 aliphatic carbocycles. The summed E-state index contributed by atoms with van der Waals surface area (Å²) in [5.74, 6) is 0.0763. The quantitative estimate of drug-likeness (QED) is 0.888. The molecule has 19 heavy (non-hydrogen) atoms. The Balaban J connectivity index is 2.08. The standard InChI is InChI=1S/C13H15N3O3/c1-18-11-5-8(13(14)17)4-10-12(11)15-7-16(10)6-9-2-3-19-9/h4-5,7,9H,2-3,6H2,1H3,(H2,14,17). The van der Waals surface area contributed by atoms with Crippen molar-refractivity contribution < 1.29 is 14.3 Å².